The fraction of sp³-hybridized carbons (Fsp3) is 0.950. The van der Waals surface area contributed by atoms with Crippen LogP contribution in [0.2, 0.25) is 0 Å². The van der Waals surface area contributed by atoms with Crippen LogP contribution < -0.4 is 5.32 Å². The summed E-state index contributed by atoms with van der Waals surface area (Å²) in [5, 5.41) is 93.5. The van der Waals surface area contributed by atoms with Gasteiger partial charge in [-0.05, 0) is 6.92 Å². The second-order valence-electron chi connectivity index (χ2n) is 9.05. The van der Waals surface area contributed by atoms with Gasteiger partial charge in [-0.15, -0.1) is 0 Å². The summed E-state index contributed by atoms with van der Waals surface area (Å²) < 4.78 is 27.3. The van der Waals surface area contributed by atoms with Crippen LogP contribution in [-0.2, 0) is 28.5 Å². The molecular formula is C20H35NO15. The average Bonchev–Trinajstić information content (AvgIpc) is 2.83. The summed E-state index contributed by atoms with van der Waals surface area (Å²) in [7, 11) is 0. The van der Waals surface area contributed by atoms with Gasteiger partial charge in [0.15, 0.2) is 18.9 Å². The Morgan fingerprint density at radius 1 is 0.722 bits per heavy atom. The van der Waals surface area contributed by atoms with Crippen LogP contribution in [0, 0.1) is 0 Å². The van der Waals surface area contributed by atoms with Crippen molar-refractivity contribution in [3.63, 3.8) is 0 Å². The van der Waals surface area contributed by atoms with Crippen molar-refractivity contribution in [2.45, 2.75) is 106 Å². The molecule has 16 nitrogen and oxygen atoms in total. The van der Waals surface area contributed by atoms with E-state index >= 15 is 0 Å². The van der Waals surface area contributed by atoms with Gasteiger partial charge in [0.1, 0.15) is 67.1 Å². The summed E-state index contributed by atoms with van der Waals surface area (Å²) in [6.07, 6.45) is -22.0. The highest BCUT2D eigenvalue weighted by Gasteiger charge is 2.53. The first-order chi connectivity index (χ1) is 16.9. The van der Waals surface area contributed by atoms with Gasteiger partial charge in [0.05, 0.1) is 19.3 Å². The Bertz CT molecular complexity index is 731. The third-order valence-electron chi connectivity index (χ3n) is 6.45. The number of carbonyl (C=O) groups excluding carboxylic acids is 1. The van der Waals surface area contributed by atoms with E-state index in [0.717, 1.165) is 6.92 Å². The van der Waals surface area contributed by atoms with Gasteiger partial charge in [-0.3, -0.25) is 4.79 Å². The van der Waals surface area contributed by atoms with E-state index in [1.807, 2.05) is 0 Å². The maximum Gasteiger partial charge on any atom is 0.217 e. The first-order valence-electron chi connectivity index (χ1n) is 11.4. The highest BCUT2D eigenvalue weighted by Crippen LogP contribution is 2.32. The van der Waals surface area contributed by atoms with E-state index in [2.05, 4.69) is 5.32 Å². The van der Waals surface area contributed by atoms with Crippen molar-refractivity contribution in [2.75, 3.05) is 13.2 Å². The lowest BCUT2D eigenvalue weighted by atomic mass is 9.94. The molecule has 15 atom stereocenters. The lowest BCUT2D eigenvalue weighted by molar-refractivity contribution is -0.362. The summed E-state index contributed by atoms with van der Waals surface area (Å²) in [6.45, 7) is 1.01. The van der Waals surface area contributed by atoms with Crippen molar-refractivity contribution in [3.05, 3.63) is 0 Å². The molecule has 3 heterocycles. The van der Waals surface area contributed by atoms with Gasteiger partial charge < -0.3 is 75.0 Å². The topological polar surface area (TPSA) is 257 Å². The SMILES string of the molecule is CC(=O)N[C@H]1[C@H](O[C@H]2[C@@H](O)[C@@H](CO)OC(O)[C@@H]2O)O[C@H](CO)[C@@H](O)[C@@H]1O[C@@H]1O[C@@H](C)[C@@H](O)[C@@H](O)[C@@H]1O. The van der Waals surface area contributed by atoms with Crippen LogP contribution in [0.3, 0.4) is 0 Å². The summed E-state index contributed by atoms with van der Waals surface area (Å²) in [6, 6.07) is -1.41. The van der Waals surface area contributed by atoms with Crippen LogP contribution in [0.1, 0.15) is 13.8 Å². The molecule has 0 aromatic heterocycles. The summed E-state index contributed by atoms with van der Waals surface area (Å²) in [5.41, 5.74) is 0. The molecule has 16 heteroatoms. The molecule has 3 rings (SSSR count). The highest BCUT2D eigenvalue weighted by atomic mass is 16.7. The predicted octanol–water partition coefficient (Wildman–Crippen LogP) is -6.40. The first-order valence-corrected chi connectivity index (χ1v) is 11.4. The zero-order valence-electron chi connectivity index (χ0n) is 19.5. The Hall–Kier alpha value is -1.09. The van der Waals surface area contributed by atoms with Crippen molar-refractivity contribution in [3.8, 4) is 0 Å². The van der Waals surface area contributed by atoms with Gasteiger partial charge in [-0.2, -0.15) is 0 Å². The molecular weight excluding hydrogens is 494 g/mol. The largest absolute Gasteiger partial charge is 0.394 e. The van der Waals surface area contributed by atoms with E-state index in [0.29, 0.717) is 0 Å². The molecule has 36 heavy (non-hydrogen) atoms. The van der Waals surface area contributed by atoms with Gasteiger partial charge in [0.25, 0.3) is 0 Å². The van der Waals surface area contributed by atoms with E-state index in [1.54, 1.807) is 0 Å². The smallest absolute Gasteiger partial charge is 0.217 e. The van der Waals surface area contributed by atoms with E-state index in [9.17, 15) is 50.8 Å². The normalized spacial score (nSPS) is 50.0. The fourth-order valence-corrected chi connectivity index (χ4v) is 4.40. The van der Waals surface area contributed by atoms with Crippen molar-refractivity contribution < 1.29 is 74.4 Å². The van der Waals surface area contributed by atoms with Crippen LogP contribution in [0.4, 0.5) is 0 Å². The summed E-state index contributed by atoms with van der Waals surface area (Å²) >= 11 is 0. The Labute approximate surface area is 205 Å². The molecule has 3 fully saturated rings. The molecule has 3 saturated heterocycles. The van der Waals surface area contributed by atoms with E-state index < -0.39 is 111 Å². The summed E-state index contributed by atoms with van der Waals surface area (Å²) in [5.74, 6) is -0.657. The third-order valence-corrected chi connectivity index (χ3v) is 6.45. The number of aliphatic hydroxyl groups excluding tert-OH is 9. The number of nitrogens with one attached hydrogen (secondary N) is 1. The highest BCUT2D eigenvalue weighted by molar-refractivity contribution is 5.73. The van der Waals surface area contributed by atoms with Gasteiger partial charge >= 0.3 is 0 Å². The summed E-state index contributed by atoms with van der Waals surface area (Å²) in [4.78, 5) is 12.0. The van der Waals surface area contributed by atoms with Gasteiger partial charge in [0, 0.05) is 6.92 Å². The Kier molecular flexibility index (Phi) is 9.97. The quantitative estimate of drug-likeness (QED) is 0.147. The minimum Gasteiger partial charge on any atom is -0.394 e. The standard InChI is InChI=1S/C20H35NO15/c1-5-10(25)13(28)14(29)20(32-5)35-16-9(21-6(2)24)19(34-8(4-23)11(16)26)36-17-12(27)7(3-22)33-18(31)15(17)30/h5,7-20,22-23,25-31H,3-4H2,1-2H3,(H,21,24)/t5-,7+,8+,9+,10+,11+,12-,13+,14-,15+,16+,17-,18?,19-,20-/m0/s1. The zero-order valence-corrected chi connectivity index (χ0v) is 19.5. The Morgan fingerprint density at radius 2 is 1.28 bits per heavy atom. The second kappa shape index (κ2) is 12.2. The number of amides is 1. The predicted molar refractivity (Wildman–Crippen MR) is 111 cm³/mol. The van der Waals surface area contributed by atoms with Crippen LogP contribution in [0.5, 0.6) is 0 Å². The van der Waals surface area contributed by atoms with E-state index in [-0.39, 0.29) is 0 Å². The van der Waals surface area contributed by atoms with Crippen LogP contribution >= 0.6 is 0 Å². The number of carbonyl (C=O) groups is 1. The molecule has 210 valence electrons. The Morgan fingerprint density at radius 3 is 1.86 bits per heavy atom. The molecule has 0 spiro atoms. The van der Waals surface area contributed by atoms with Crippen LogP contribution in [0.25, 0.3) is 0 Å². The van der Waals surface area contributed by atoms with Gasteiger partial charge in [-0.25, -0.2) is 0 Å². The van der Waals surface area contributed by atoms with Crippen LogP contribution in [0.15, 0.2) is 0 Å². The lowest BCUT2D eigenvalue weighted by Crippen LogP contribution is -2.69. The van der Waals surface area contributed by atoms with Crippen molar-refractivity contribution in [2.24, 2.45) is 0 Å². The average molecular weight is 529 g/mol. The number of rotatable bonds is 7. The maximum atomic E-state index is 12.0. The second-order valence-corrected chi connectivity index (χ2v) is 9.05. The van der Waals surface area contributed by atoms with Crippen molar-refractivity contribution in [1.82, 2.24) is 5.32 Å². The molecule has 0 aromatic rings. The van der Waals surface area contributed by atoms with Crippen molar-refractivity contribution in [1.29, 1.82) is 0 Å². The number of hydrogen-bond donors (Lipinski definition) is 10. The molecule has 3 aliphatic rings. The zero-order chi connectivity index (χ0) is 26.9. The number of aliphatic hydroxyl groups is 9. The molecule has 0 bridgehead atoms. The maximum absolute atomic E-state index is 12.0. The Balaban J connectivity index is 1.89. The number of ether oxygens (including phenoxy) is 5. The molecule has 0 aliphatic carbocycles. The van der Waals surface area contributed by atoms with E-state index in [1.165, 1.54) is 6.92 Å². The molecule has 1 amide bonds. The molecule has 1 unspecified atom stereocenters. The van der Waals surface area contributed by atoms with E-state index in [4.69, 9.17) is 23.7 Å². The van der Waals surface area contributed by atoms with Crippen molar-refractivity contribution >= 4 is 5.91 Å². The minimum atomic E-state index is -1.86. The first kappa shape index (κ1) is 29.5. The fourth-order valence-electron chi connectivity index (χ4n) is 4.40. The molecule has 0 radical (unpaired) electrons. The lowest BCUT2D eigenvalue weighted by Gasteiger charge is -2.49. The van der Waals surface area contributed by atoms with Gasteiger partial charge in [0.2, 0.25) is 5.91 Å². The third kappa shape index (κ3) is 5.97. The minimum absolute atomic E-state index is 0.657. The monoisotopic (exact) mass is 529 g/mol. The van der Waals surface area contributed by atoms with Gasteiger partial charge in [-0.1, -0.05) is 0 Å². The number of hydrogen-bond acceptors (Lipinski definition) is 15. The molecule has 3 aliphatic heterocycles. The molecule has 0 saturated carbocycles. The molecule has 0 aromatic carbocycles. The van der Waals surface area contributed by atoms with Crippen LogP contribution in [-0.4, -0.2) is 157 Å². The molecule has 10 N–H and O–H groups in total.